The second-order valence-electron chi connectivity index (χ2n) is 9.51. The SMILES string of the molecule is CCc1cccc(C[C@H](NC(=O)CCOc2cccc(C=C(C#N)C(=O)NC(C)(C)C)c2)B(O)O)c1. The Kier molecular flexibility index (Phi) is 10.7. The first-order chi connectivity index (χ1) is 17.0. The predicted octanol–water partition coefficient (Wildman–Crippen LogP) is 2.58. The van der Waals surface area contributed by atoms with E-state index in [0.29, 0.717) is 11.3 Å². The number of nitrogens with zero attached hydrogens (tertiary/aromatic N) is 1. The fraction of sp³-hybridized carbons (Fsp3) is 0.370. The summed E-state index contributed by atoms with van der Waals surface area (Å²) in [6.07, 6.45) is 2.64. The summed E-state index contributed by atoms with van der Waals surface area (Å²) in [6.45, 7) is 7.60. The van der Waals surface area contributed by atoms with Crippen molar-refractivity contribution in [2.75, 3.05) is 6.61 Å². The molecule has 190 valence electrons. The Morgan fingerprint density at radius 2 is 1.83 bits per heavy atom. The van der Waals surface area contributed by atoms with Crippen molar-refractivity contribution < 1.29 is 24.4 Å². The van der Waals surface area contributed by atoms with Gasteiger partial charge in [0.05, 0.1) is 19.0 Å². The minimum Gasteiger partial charge on any atom is -0.493 e. The molecule has 2 aromatic rings. The van der Waals surface area contributed by atoms with Crippen LogP contribution in [0, 0.1) is 11.3 Å². The summed E-state index contributed by atoms with van der Waals surface area (Å²) < 4.78 is 5.67. The van der Waals surface area contributed by atoms with Crippen molar-refractivity contribution in [2.24, 2.45) is 0 Å². The van der Waals surface area contributed by atoms with Crippen LogP contribution in [0.5, 0.6) is 5.75 Å². The van der Waals surface area contributed by atoms with Gasteiger partial charge in [0.25, 0.3) is 5.91 Å². The lowest BCUT2D eigenvalue weighted by atomic mass is 9.75. The van der Waals surface area contributed by atoms with E-state index in [1.807, 2.05) is 58.0 Å². The fourth-order valence-corrected chi connectivity index (χ4v) is 3.42. The number of aryl methyl sites for hydroxylation is 1. The van der Waals surface area contributed by atoms with E-state index in [4.69, 9.17) is 4.74 Å². The molecule has 36 heavy (non-hydrogen) atoms. The number of ether oxygens (including phenoxy) is 1. The Hall–Kier alpha value is -3.61. The highest BCUT2D eigenvalue weighted by molar-refractivity contribution is 6.43. The molecule has 0 aliphatic carbocycles. The van der Waals surface area contributed by atoms with Gasteiger partial charge in [-0.25, -0.2) is 0 Å². The maximum atomic E-state index is 12.4. The zero-order chi connectivity index (χ0) is 26.7. The van der Waals surface area contributed by atoms with E-state index in [0.717, 1.165) is 17.5 Å². The van der Waals surface area contributed by atoms with Gasteiger partial charge in [0.2, 0.25) is 5.91 Å². The van der Waals surface area contributed by atoms with Crippen LogP contribution in [0.3, 0.4) is 0 Å². The van der Waals surface area contributed by atoms with Gasteiger partial charge in [-0.05, 0) is 68.5 Å². The third-order valence-electron chi connectivity index (χ3n) is 5.18. The molecule has 0 spiro atoms. The molecule has 0 bridgehead atoms. The third kappa shape index (κ3) is 9.94. The summed E-state index contributed by atoms with van der Waals surface area (Å²) in [4.78, 5) is 24.7. The van der Waals surface area contributed by atoms with Crippen molar-refractivity contribution in [3.8, 4) is 11.8 Å². The van der Waals surface area contributed by atoms with Crippen LogP contribution in [0.25, 0.3) is 6.08 Å². The van der Waals surface area contributed by atoms with Crippen molar-refractivity contribution in [1.82, 2.24) is 10.6 Å². The molecule has 0 aliphatic heterocycles. The lowest BCUT2D eigenvalue weighted by Crippen LogP contribution is -2.48. The van der Waals surface area contributed by atoms with Gasteiger partial charge in [-0.2, -0.15) is 5.26 Å². The first kappa shape index (κ1) is 28.6. The summed E-state index contributed by atoms with van der Waals surface area (Å²) in [7, 11) is -1.70. The first-order valence-electron chi connectivity index (χ1n) is 11.9. The number of nitriles is 1. The van der Waals surface area contributed by atoms with Crippen LogP contribution in [0.4, 0.5) is 0 Å². The number of rotatable bonds is 11. The van der Waals surface area contributed by atoms with E-state index < -0.39 is 24.5 Å². The zero-order valence-corrected chi connectivity index (χ0v) is 21.2. The van der Waals surface area contributed by atoms with Crippen molar-refractivity contribution >= 4 is 25.0 Å². The standard InChI is InChI=1S/C27H34BN3O5/c1-5-19-8-6-9-20(14-19)17-24(28(34)35)30-25(32)12-13-36-23-11-7-10-21(16-23)15-22(18-29)26(33)31-27(2,3)4/h6-11,14-16,24,34-35H,5,12-13,17H2,1-4H3,(H,30,32)(H,31,33)/t24-/m0/s1. The smallest absolute Gasteiger partial charge is 0.475 e. The van der Waals surface area contributed by atoms with Gasteiger partial charge in [-0.15, -0.1) is 0 Å². The lowest BCUT2D eigenvalue weighted by Gasteiger charge is -2.20. The molecule has 0 aromatic heterocycles. The molecule has 0 aliphatic rings. The Labute approximate surface area is 213 Å². The Morgan fingerprint density at radius 1 is 1.14 bits per heavy atom. The van der Waals surface area contributed by atoms with Crippen LogP contribution in [0.2, 0.25) is 0 Å². The van der Waals surface area contributed by atoms with E-state index in [1.165, 1.54) is 6.08 Å². The van der Waals surface area contributed by atoms with Gasteiger partial charge in [0, 0.05) is 5.54 Å². The van der Waals surface area contributed by atoms with Gasteiger partial charge < -0.3 is 25.4 Å². The molecule has 2 amide bonds. The maximum absolute atomic E-state index is 12.4. The summed E-state index contributed by atoms with van der Waals surface area (Å²) >= 11 is 0. The molecule has 1 atom stereocenters. The zero-order valence-electron chi connectivity index (χ0n) is 21.2. The molecule has 2 rings (SSSR count). The second kappa shape index (κ2) is 13.5. The molecule has 0 unspecified atom stereocenters. The number of benzene rings is 2. The quantitative estimate of drug-likeness (QED) is 0.217. The summed E-state index contributed by atoms with van der Waals surface area (Å²) in [5.74, 6) is -1.21. The van der Waals surface area contributed by atoms with Crippen LogP contribution in [-0.2, 0) is 22.4 Å². The van der Waals surface area contributed by atoms with E-state index in [-0.39, 0.29) is 30.9 Å². The molecular weight excluding hydrogens is 457 g/mol. The number of nitrogens with one attached hydrogen (secondary N) is 2. The van der Waals surface area contributed by atoms with Crippen LogP contribution < -0.4 is 15.4 Å². The Bertz CT molecular complexity index is 1120. The molecule has 8 nitrogen and oxygen atoms in total. The van der Waals surface area contributed by atoms with Crippen LogP contribution >= 0.6 is 0 Å². The maximum Gasteiger partial charge on any atom is 0.475 e. The van der Waals surface area contributed by atoms with E-state index in [2.05, 4.69) is 10.6 Å². The van der Waals surface area contributed by atoms with E-state index in [9.17, 15) is 24.9 Å². The van der Waals surface area contributed by atoms with Gasteiger partial charge in [-0.1, -0.05) is 43.3 Å². The lowest BCUT2D eigenvalue weighted by molar-refractivity contribution is -0.122. The average Bonchev–Trinajstić information content (AvgIpc) is 2.81. The Balaban J connectivity index is 1.94. The number of amides is 2. The molecule has 4 N–H and O–H groups in total. The summed E-state index contributed by atoms with van der Waals surface area (Å²) in [5.41, 5.74) is 2.15. The molecule has 0 radical (unpaired) electrons. The number of carbonyl (C=O) groups is 2. The Morgan fingerprint density at radius 3 is 2.47 bits per heavy atom. The number of carbonyl (C=O) groups excluding carboxylic acids is 2. The van der Waals surface area contributed by atoms with Crippen LogP contribution in [-0.4, -0.2) is 47.1 Å². The molecule has 0 fully saturated rings. The van der Waals surface area contributed by atoms with Crippen molar-refractivity contribution in [2.45, 2.75) is 58.4 Å². The molecule has 0 heterocycles. The number of hydrogen-bond donors (Lipinski definition) is 4. The highest BCUT2D eigenvalue weighted by atomic mass is 16.5. The predicted molar refractivity (Wildman–Crippen MR) is 140 cm³/mol. The highest BCUT2D eigenvalue weighted by Gasteiger charge is 2.25. The minimum atomic E-state index is -1.70. The fourth-order valence-electron chi connectivity index (χ4n) is 3.42. The minimum absolute atomic E-state index is 0.00964. The van der Waals surface area contributed by atoms with E-state index in [1.54, 1.807) is 24.3 Å². The van der Waals surface area contributed by atoms with Crippen molar-refractivity contribution in [1.29, 1.82) is 5.26 Å². The van der Waals surface area contributed by atoms with Gasteiger partial charge in [-0.3, -0.25) is 9.59 Å². The number of hydrogen-bond acceptors (Lipinski definition) is 6. The van der Waals surface area contributed by atoms with Gasteiger partial charge in [0.15, 0.2) is 0 Å². The molecule has 0 saturated heterocycles. The topological polar surface area (TPSA) is 132 Å². The van der Waals surface area contributed by atoms with Gasteiger partial charge >= 0.3 is 7.12 Å². The van der Waals surface area contributed by atoms with Crippen LogP contribution in [0.1, 0.15) is 50.8 Å². The monoisotopic (exact) mass is 491 g/mol. The molecular formula is C27H34BN3O5. The molecule has 9 heteroatoms. The van der Waals surface area contributed by atoms with Crippen LogP contribution in [0.15, 0.2) is 54.1 Å². The first-order valence-corrected chi connectivity index (χ1v) is 11.9. The van der Waals surface area contributed by atoms with Crippen molar-refractivity contribution in [3.05, 3.63) is 70.8 Å². The molecule has 0 saturated carbocycles. The second-order valence-corrected chi connectivity index (χ2v) is 9.51. The van der Waals surface area contributed by atoms with E-state index >= 15 is 0 Å². The summed E-state index contributed by atoms with van der Waals surface area (Å²) in [5, 5.41) is 34.2. The van der Waals surface area contributed by atoms with Crippen molar-refractivity contribution in [3.63, 3.8) is 0 Å². The van der Waals surface area contributed by atoms with Gasteiger partial charge in [0.1, 0.15) is 17.4 Å². The third-order valence-corrected chi connectivity index (χ3v) is 5.18. The average molecular weight is 491 g/mol. The molecule has 2 aromatic carbocycles. The highest BCUT2D eigenvalue weighted by Crippen LogP contribution is 2.17. The normalized spacial score (nSPS) is 12.3. The summed E-state index contributed by atoms with van der Waals surface area (Å²) in [6, 6.07) is 16.5. The largest absolute Gasteiger partial charge is 0.493 e.